The lowest BCUT2D eigenvalue weighted by Gasteiger charge is -2.09. The Bertz CT molecular complexity index is 342. The predicted molar refractivity (Wildman–Crippen MR) is 68.0 cm³/mol. The summed E-state index contributed by atoms with van der Waals surface area (Å²) in [5.74, 6) is -0.0804. The highest BCUT2D eigenvalue weighted by Crippen LogP contribution is 2.12. The van der Waals surface area contributed by atoms with Crippen LogP contribution in [0.4, 0.5) is 5.69 Å². The van der Waals surface area contributed by atoms with E-state index in [1.807, 2.05) is 18.2 Å². The van der Waals surface area contributed by atoms with Crippen LogP contribution in [0.5, 0.6) is 0 Å². The number of alkyl halides is 1. The number of amides is 1. The van der Waals surface area contributed by atoms with Crippen molar-refractivity contribution in [3.8, 4) is 0 Å². The van der Waals surface area contributed by atoms with Crippen LogP contribution in [-0.2, 0) is 4.79 Å². The number of nitrogens with one attached hydrogen (secondary N) is 2. The van der Waals surface area contributed by atoms with E-state index < -0.39 is 0 Å². The lowest BCUT2D eigenvalue weighted by atomic mass is 10.2. The monoisotopic (exact) mass is 240 g/mol. The first-order chi connectivity index (χ1) is 7.74. The molecule has 0 saturated carbocycles. The molecule has 3 nitrogen and oxygen atoms in total. The molecule has 2 N–H and O–H groups in total. The third-order valence-electron chi connectivity index (χ3n) is 2.26. The van der Waals surface area contributed by atoms with E-state index in [0.717, 1.165) is 18.7 Å². The van der Waals surface area contributed by atoms with Crippen molar-refractivity contribution in [2.75, 3.05) is 24.3 Å². The van der Waals surface area contributed by atoms with E-state index in [1.54, 1.807) is 0 Å². The Kier molecular flexibility index (Phi) is 5.72. The summed E-state index contributed by atoms with van der Waals surface area (Å²) in [6.07, 6.45) is 0.886. The molecule has 0 aliphatic carbocycles. The van der Waals surface area contributed by atoms with Gasteiger partial charge in [0, 0.05) is 18.8 Å². The fraction of sp³-hybridized carbons (Fsp3) is 0.417. The highest BCUT2D eigenvalue weighted by atomic mass is 35.5. The van der Waals surface area contributed by atoms with Gasteiger partial charge in [0.25, 0.3) is 0 Å². The molecule has 4 heteroatoms. The molecule has 88 valence electrons. The van der Waals surface area contributed by atoms with Crippen LogP contribution in [0.1, 0.15) is 12.0 Å². The zero-order chi connectivity index (χ0) is 11.8. The van der Waals surface area contributed by atoms with Gasteiger partial charge in [-0.1, -0.05) is 18.2 Å². The second-order valence-corrected chi connectivity index (χ2v) is 3.85. The Morgan fingerprint density at radius 1 is 1.31 bits per heavy atom. The summed E-state index contributed by atoms with van der Waals surface area (Å²) in [5.41, 5.74) is 2.37. The summed E-state index contributed by atoms with van der Waals surface area (Å²) < 4.78 is 0. The molecule has 0 saturated heterocycles. The largest absolute Gasteiger partial charge is 0.385 e. The molecule has 1 aromatic rings. The molecular weight excluding hydrogens is 224 g/mol. The quantitative estimate of drug-likeness (QED) is 0.591. The van der Waals surface area contributed by atoms with Crippen molar-refractivity contribution in [2.45, 2.75) is 13.3 Å². The Morgan fingerprint density at radius 3 is 2.75 bits per heavy atom. The highest BCUT2D eigenvalue weighted by Gasteiger charge is 1.97. The van der Waals surface area contributed by atoms with E-state index in [0.29, 0.717) is 6.54 Å². The van der Waals surface area contributed by atoms with Crippen molar-refractivity contribution >= 4 is 23.2 Å². The lowest BCUT2D eigenvalue weighted by Crippen LogP contribution is -2.26. The molecule has 0 fully saturated rings. The molecule has 1 amide bonds. The molecule has 0 bridgehead atoms. The lowest BCUT2D eigenvalue weighted by molar-refractivity contribution is -0.118. The minimum absolute atomic E-state index is 0.0330. The van der Waals surface area contributed by atoms with Crippen molar-refractivity contribution in [1.29, 1.82) is 0 Å². The van der Waals surface area contributed by atoms with Crippen molar-refractivity contribution in [1.82, 2.24) is 5.32 Å². The second kappa shape index (κ2) is 7.12. The van der Waals surface area contributed by atoms with Crippen LogP contribution in [0, 0.1) is 6.92 Å². The van der Waals surface area contributed by atoms with E-state index in [2.05, 4.69) is 23.6 Å². The molecule has 1 aromatic carbocycles. The van der Waals surface area contributed by atoms with Gasteiger partial charge in [0.15, 0.2) is 0 Å². The van der Waals surface area contributed by atoms with Crippen LogP contribution in [0.3, 0.4) is 0 Å². The molecule has 0 unspecified atom stereocenters. The highest BCUT2D eigenvalue weighted by molar-refractivity contribution is 6.27. The van der Waals surface area contributed by atoms with Gasteiger partial charge in [-0.25, -0.2) is 0 Å². The Hall–Kier alpha value is -1.22. The summed E-state index contributed by atoms with van der Waals surface area (Å²) in [7, 11) is 0. The first-order valence-corrected chi connectivity index (χ1v) is 5.89. The first kappa shape index (κ1) is 12.8. The zero-order valence-corrected chi connectivity index (χ0v) is 10.2. The second-order valence-electron chi connectivity index (χ2n) is 3.58. The van der Waals surface area contributed by atoms with Crippen molar-refractivity contribution < 1.29 is 4.79 Å². The van der Waals surface area contributed by atoms with Crippen molar-refractivity contribution in [3.05, 3.63) is 29.8 Å². The van der Waals surface area contributed by atoms with E-state index in [9.17, 15) is 4.79 Å². The molecule has 1 rings (SSSR count). The van der Waals surface area contributed by atoms with Crippen molar-refractivity contribution in [3.63, 3.8) is 0 Å². The van der Waals surface area contributed by atoms with Gasteiger partial charge in [-0.3, -0.25) is 4.79 Å². The maximum absolute atomic E-state index is 10.8. The van der Waals surface area contributed by atoms with Crippen LogP contribution >= 0.6 is 11.6 Å². The number of carbonyl (C=O) groups excluding carboxylic acids is 1. The van der Waals surface area contributed by atoms with Gasteiger partial charge in [-0.05, 0) is 25.0 Å². The fourth-order valence-corrected chi connectivity index (χ4v) is 1.45. The summed E-state index contributed by atoms with van der Waals surface area (Å²) in [6, 6.07) is 8.14. The minimum Gasteiger partial charge on any atom is -0.385 e. The molecule has 0 aromatic heterocycles. The average Bonchev–Trinajstić information content (AvgIpc) is 2.30. The van der Waals surface area contributed by atoms with E-state index in [4.69, 9.17) is 11.6 Å². The number of aryl methyl sites for hydroxylation is 1. The zero-order valence-electron chi connectivity index (χ0n) is 9.42. The van der Waals surface area contributed by atoms with Gasteiger partial charge in [-0.2, -0.15) is 0 Å². The number of hydrogen-bond acceptors (Lipinski definition) is 2. The predicted octanol–water partition coefficient (Wildman–Crippen LogP) is 2.15. The number of hydrogen-bond donors (Lipinski definition) is 2. The van der Waals surface area contributed by atoms with Gasteiger partial charge < -0.3 is 10.6 Å². The maximum Gasteiger partial charge on any atom is 0.234 e. The van der Waals surface area contributed by atoms with Crippen LogP contribution in [-0.4, -0.2) is 24.9 Å². The average molecular weight is 241 g/mol. The third-order valence-corrected chi connectivity index (χ3v) is 2.50. The molecule has 0 radical (unpaired) electrons. The SMILES string of the molecule is Cc1ccccc1NCCCNC(=O)CCl. The third kappa shape index (κ3) is 4.53. The van der Waals surface area contributed by atoms with Gasteiger partial charge >= 0.3 is 0 Å². The van der Waals surface area contributed by atoms with Gasteiger partial charge in [0.1, 0.15) is 5.88 Å². The molecule has 0 aliphatic rings. The van der Waals surface area contributed by atoms with Crippen LogP contribution in [0.15, 0.2) is 24.3 Å². The Morgan fingerprint density at radius 2 is 2.06 bits per heavy atom. The number of anilines is 1. The number of rotatable bonds is 6. The standard InChI is InChI=1S/C12H17ClN2O/c1-10-5-2-3-6-11(10)14-7-4-8-15-12(16)9-13/h2-3,5-6,14H,4,7-9H2,1H3,(H,15,16). The van der Waals surface area contributed by atoms with E-state index in [-0.39, 0.29) is 11.8 Å². The topological polar surface area (TPSA) is 41.1 Å². The number of para-hydroxylation sites is 1. The summed E-state index contributed by atoms with van der Waals surface area (Å²) in [4.78, 5) is 10.8. The fourth-order valence-electron chi connectivity index (χ4n) is 1.36. The summed E-state index contributed by atoms with van der Waals surface area (Å²) in [5, 5.41) is 6.04. The molecule has 0 spiro atoms. The summed E-state index contributed by atoms with van der Waals surface area (Å²) >= 11 is 5.35. The van der Waals surface area contributed by atoms with Gasteiger partial charge in [-0.15, -0.1) is 11.6 Å². The smallest absolute Gasteiger partial charge is 0.234 e. The normalized spacial score (nSPS) is 9.88. The van der Waals surface area contributed by atoms with E-state index in [1.165, 1.54) is 5.56 Å². The number of carbonyl (C=O) groups is 1. The van der Waals surface area contributed by atoms with E-state index >= 15 is 0 Å². The maximum atomic E-state index is 10.8. The Labute approximate surface area is 101 Å². The number of halogens is 1. The number of benzene rings is 1. The summed E-state index contributed by atoms with van der Waals surface area (Å²) in [6.45, 7) is 3.56. The van der Waals surface area contributed by atoms with Gasteiger partial charge in [0.2, 0.25) is 5.91 Å². The Balaban J connectivity index is 2.17. The van der Waals surface area contributed by atoms with Crippen molar-refractivity contribution in [2.24, 2.45) is 0 Å². The molecular formula is C12H17ClN2O. The van der Waals surface area contributed by atoms with Gasteiger partial charge in [0.05, 0.1) is 0 Å². The minimum atomic E-state index is -0.113. The molecule has 16 heavy (non-hydrogen) atoms. The molecule has 0 atom stereocenters. The molecule has 0 aliphatic heterocycles. The molecule has 0 heterocycles. The van der Waals surface area contributed by atoms with Crippen LogP contribution in [0.2, 0.25) is 0 Å². The van der Waals surface area contributed by atoms with Crippen LogP contribution < -0.4 is 10.6 Å². The van der Waals surface area contributed by atoms with Crippen LogP contribution in [0.25, 0.3) is 0 Å². The first-order valence-electron chi connectivity index (χ1n) is 5.36.